The smallest absolute Gasteiger partial charge is 0.347 e. The van der Waals surface area contributed by atoms with E-state index in [4.69, 9.17) is 9.47 Å². The van der Waals surface area contributed by atoms with Crippen LogP contribution in [0.5, 0.6) is 11.5 Å². The van der Waals surface area contributed by atoms with Crippen molar-refractivity contribution in [1.29, 1.82) is 0 Å². The Labute approximate surface area is 169 Å². The summed E-state index contributed by atoms with van der Waals surface area (Å²) in [4.78, 5) is 12.6. The fourth-order valence-electron chi connectivity index (χ4n) is 2.38. The molecule has 0 aliphatic carbocycles. The maximum atomic E-state index is 12.6. The fourth-order valence-corrected chi connectivity index (χ4v) is 3.00. The van der Waals surface area contributed by atoms with E-state index in [-0.39, 0.29) is 0 Å². The highest BCUT2D eigenvalue weighted by atomic mass is 79.9. The first kappa shape index (κ1) is 18.7. The van der Waals surface area contributed by atoms with Gasteiger partial charge in [0.1, 0.15) is 17.1 Å². The predicted octanol–water partition coefficient (Wildman–Crippen LogP) is 6.05. The second kappa shape index (κ2) is 9.01. The number of ether oxygens (including phenoxy) is 2. The lowest BCUT2D eigenvalue weighted by Gasteiger charge is -2.12. The molecule has 0 saturated carbocycles. The molecule has 0 bridgehead atoms. The van der Waals surface area contributed by atoms with Crippen molar-refractivity contribution in [1.82, 2.24) is 0 Å². The Morgan fingerprint density at radius 1 is 0.846 bits per heavy atom. The average Bonchev–Trinajstić information content (AvgIpc) is 2.65. The molecule has 0 atom stereocenters. The molecule has 26 heavy (non-hydrogen) atoms. The van der Waals surface area contributed by atoms with E-state index in [9.17, 15) is 4.79 Å². The lowest BCUT2D eigenvalue weighted by Crippen LogP contribution is -2.12. The quantitative estimate of drug-likeness (QED) is 0.321. The minimum atomic E-state index is -0.455. The van der Waals surface area contributed by atoms with Crippen molar-refractivity contribution < 1.29 is 14.3 Å². The third-order valence-corrected chi connectivity index (χ3v) is 4.70. The van der Waals surface area contributed by atoms with E-state index in [1.165, 1.54) is 5.56 Å². The van der Waals surface area contributed by atoms with E-state index >= 15 is 0 Å². The van der Waals surface area contributed by atoms with Gasteiger partial charge < -0.3 is 9.47 Å². The van der Waals surface area contributed by atoms with Gasteiger partial charge in [-0.2, -0.15) is 0 Å². The zero-order chi connectivity index (χ0) is 18.4. The maximum absolute atomic E-state index is 12.6. The van der Waals surface area contributed by atoms with Gasteiger partial charge in [-0.1, -0.05) is 62.2 Å². The van der Waals surface area contributed by atoms with Crippen molar-refractivity contribution in [2.45, 2.75) is 6.42 Å². The van der Waals surface area contributed by atoms with Gasteiger partial charge in [0, 0.05) is 15.4 Å². The highest BCUT2D eigenvalue weighted by molar-refractivity contribution is 9.10. The van der Waals surface area contributed by atoms with Crippen LogP contribution >= 0.6 is 31.9 Å². The number of hydrogen-bond acceptors (Lipinski definition) is 3. The monoisotopic (exact) mass is 474 g/mol. The van der Waals surface area contributed by atoms with E-state index in [0.717, 1.165) is 15.4 Å². The fraction of sp³-hybridized carbons (Fsp3) is 0.0952. The highest BCUT2D eigenvalue weighted by Gasteiger charge is 2.16. The summed E-state index contributed by atoms with van der Waals surface area (Å²) in [7, 11) is 0. The van der Waals surface area contributed by atoms with Gasteiger partial charge in [0.25, 0.3) is 0 Å². The van der Waals surface area contributed by atoms with Crippen LogP contribution in [0.15, 0.2) is 81.7 Å². The Morgan fingerprint density at radius 2 is 1.54 bits per heavy atom. The number of carbonyl (C=O) groups excluding carboxylic acids is 1. The standard InChI is InChI=1S/C21H16Br2O3/c22-16-6-9-18(10-7-16)26-21(24)19-14-17(23)8-11-20(19)25-13-12-15-4-2-1-3-5-15/h1-11,14H,12-13H2. The van der Waals surface area contributed by atoms with Gasteiger partial charge in [-0.05, 0) is 48.0 Å². The van der Waals surface area contributed by atoms with Crippen LogP contribution in [-0.2, 0) is 6.42 Å². The Morgan fingerprint density at radius 3 is 2.27 bits per heavy atom. The predicted molar refractivity (Wildman–Crippen MR) is 109 cm³/mol. The van der Waals surface area contributed by atoms with Gasteiger partial charge in [0.2, 0.25) is 0 Å². The normalized spacial score (nSPS) is 10.4. The van der Waals surface area contributed by atoms with Crippen molar-refractivity contribution in [3.05, 3.63) is 92.9 Å². The molecule has 0 aromatic heterocycles. The van der Waals surface area contributed by atoms with Crippen molar-refractivity contribution >= 4 is 37.8 Å². The van der Waals surface area contributed by atoms with Crippen molar-refractivity contribution in [2.75, 3.05) is 6.61 Å². The lowest BCUT2D eigenvalue weighted by molar-refractivity contribution is 0.0730. The number of esters is 1. The van der Waals surface area contributed by atoms with Crippen molar-refractivity contribution in [2.24, 2.45) is 0 Å². The van der Waals surface area contributed by atoms with Gasteiger partial charge >= 0.3 is 5.97 Å². The molecule has 0 amide bonds. The minimum Gasteiger partial charge on any atom is -0.492 e. The van der Waals surface area contributed by atoms with Gasteiger partial charge in [-0.25, -0.2) is 4.79 Å². The van der Waals surface area contributed by atoms with Gasteiger partial charge in [-0.15, -0.1) is 0 Å². The molecule has 0 N–H and O–H groups in total. The molecule has 3 aromatic carbocycles. The van der Waals surface area contributed by atoms with Gasteiger partial charge in [0.05, 0.1) is 6.61 Å². The van der Waals surface area contributed by atoms with E-state index in [0.29, 0.717) is 23.7 Å². The first-order chi connectivity index (χ1) is 12.6. The number of hydrogen-bond donors (Lipinski definition) is 0. The molecule has 0 unspecified atom stereocenters. The number of halogens is 2. The van der Waals surface area contributed by atoms with Crippen LogP contribution in [0.25, 0.3) is 0 Å². The van der Waals surface area contributed by atoms with Crippen molar-refractivity contribution in [3.63, 3.8) is 0 Å². The van der Waals surface area contributed by atoms with Gasteiger partial charge in [0.15, 0.2) is 0 Å². The van der Waals surface area contributed by atoms with Crippen LogP contribution < -0.4 is 9.47 Å². The summed E-state index contributed by atoms with van der Waals surface area (Å²) in [6, 6.07) is 22.5. The zero-order valence-electron chi connectivity index (χ0n) is 13.8. The van der Waals surface area contributed by atoms with Gasteiger partial charge in [-0.3, -0.25) is 0 Å². The molecule has 0 aliphatic rings. The number of carbonyl (C=O) groups is 1. The van der Waals surface area contributed by atoms with Crippen LogP contribution in [0.2, 0.25) is 0 Å². The summed E-state index contributed by atoms with van der Waals surface area (Å²) >= 11 is 6.75. The summed E-state index contributed by atoms with van der Waals surface area (Å²) in [5, 5.41) is 0. The van der Waals surface area contributed by atoms with E-state index in [1.807, 2.05) is 48.5 Å². The maximum Gasteiger partial charge on any atom is 0.347 e. The van der Waals surface area contributed by atoms with E-state index in [2.05, 4.69) is 31.9 Å². The molecule has 0 aliphatic heterocycles. The second-order valence-electron chi connectivity index (χ2n) is 5.57. The number of rotatable bonds is 6. The van der Waals surface area contributed by atoms with Crippen LogP contribution in [-0.4, -0.2) is 12.6 Å². The molecular formula is C21H16Br2O3. The molecule has 0 spiro atoms. The summed E-state index contributed by atoms with van der Waals surface area (Å²) in [5.74, 6) is 0.531. The minimum absolute atomic E-state index is 0.385. The first-order valence-corrected chi connectivity index (χ1v) is 9.64. The Bertz CT molecular complexity index is 878. The lowest BCUT2D eigenvalue weighted by atomic mass is 10.1. The molecule has 0 fully saturated rings. The molecule has 0 radical (unpaired) electrons. The Hall–Kier alpha value is -2.11. The van der Waals surface area contributed by atoms with Crippen LogP contribution in [0.3, 0.4) is 0 Å². The van der Waals surface area contributed by atoms with E-state index in [1.54, 1.807) is 24.3 Å². The van der Waals surface area contributed by atoms with Crippen LogP contribution in [0.4, 0.5) is 0 Å². The molecule has 0 heterocycles. The first-order valence-electron chi connectivity index (χ1n) is 8.06. The average molecular weight is 476 g/mol. The zero-order valence-corrected chi connectivity index (χ0v) is 17.0. The van der Waals surface area contributed by atoms with Crippen LogP contribution in [0, 0.1) is 0 Å². The third kappa shape index (κ3) is 5.19. The molecule has 0 saturated heterocycles. The van der Waals surface area contributed by atoms with E-state index < -0.39 is 5.97 Å². The topological polar surface area (TPSA) is 35.5 Å². The molecular weight excluding hydrogens is 460 g/mol. The second-order valence-corrected chi connectivity index (χ2v) is 7.40. The molecule has 3 nitrogen and oxygen atoms in total. The molecule has 132 valence electrons. The summed E-state index contributed by atoms with van der Waals surface area (Å²) < 4.78 is 13.0. The Kier molecular flexibility index (Phi) is 6.47. The third-order valence-electron chi connectivity index (χ3n) is 3.68. The van der Waals surface area contributed by atoms with Crippen LogP contribution in [0.1, 0.15) is 15.9 Å². The number of benzene rings is 3. The molecule has 3 rings (SSSR count). The molecule has 5 heteroatoms. The largest absolute Gasteiger partial charge is 0.492 e. The summed E-state index contributed by atoms with van der Waals surface area (Å²) in [5.41, 5.74) is 1.57. The highest BCUT2D eigenvalue weighted by Crippen LogP contribution is 2.26. The summed E-state index contributed by atoms with van der Waals surface area (Å²) in [6.07, 6.45) is 0.762. The Balaban J connectivity index is 1.70. The summed E-state index contributed by atoms with van der Waals surface area (Å²) in [6.45, 7) is 0.476. The SMILES string of the molecule is O=C(Oc1ccc(Br)cc1)c1cc(Br)ccc1OCCc1ccccc1. The van der Waals surface area contributed by atoms with Crippen molar-refractivity contribution in [3.8, 4) is 11.5 Å². The molecule has 3 aromatic rings.